The van der Waals surface area contributed by atoms with Crippen LogP contribution in [-0.4, -0.2) is 50.2 Å². The fourth-order valence-electron chi connectivity index (χ4n) is 4.26. The Bertz CT molecular complexity index is 1600. The van der Waals surface area contributed by atoms with Crippen LogP contribution in [0.1, 0.15) is 31.9 Å². The van der Waals surface area contributed by atoms with Crippen LogP contribution in [0.15, 0.2) is 64.6 Å². The first-order chi connectivity index (χ1) is 21.1. The Labute approximate surface area is 263 Å². The number of halogens is 1. The number of hydrogen-bond donors (Lipinski definition) is 2. The Morgan fingerprint density at radius 2 is 1.52 bits per heavy atom. The molecule has 1 aliphatic rings. The third-order valence-electron chi connectivity index (χ3n) is 6.24. The van der Waals surface area contributed by atoms with Crippen LogP contribution in [0.4, 0.5) is 16.2 Å². The van der Waals surface area contributed by atoms with Gasteiger partial charge in [0.25, 0.3) is 17.7 Å². The molecule has 1 heterocycles. The zero-order valence-electron chi connectivity index (χ0n) is 24.7. The molecule has 3 aromatic carbocycles. The zero-order chi connectivity index (χ0) is 31.8. The predicted octanol–water partition coefficient (Wildman–Crippen LogP) is 5.64. The van der Waals surface area contributed by atoms with Gasteiger partial charge in [0.05, 0.1) is 25.5 Å². The van der Waals surface area contributed by atoms with E-state index in [1.54, 1.807) is 57.2 Å². The summed E-state index contributed by atoms with van der Waals surface area (Å²) in [6.07, 6.45) is 1.34. The van der Waals surface area contributed by atoms with Crippen molar-refractivity contribution in [3.63, 3.8) is 0 Å². The SMILES string of the molecule is CCOc1ccc(OCC)c(N2C(=O)NC(=O)/C(=C\c3cc(OCC)c(OCC(=O)Nc4ccc(C)cc4)cc3Br)C2=O)c1. The summed E-state index contributed by atoms with van der Waals surface area (Å²) in [5, 5.41) is 4.99. The summed E-state index contributed by atoms with van der Waals surface area (Å²) in [6.45, 7) is 7.94. The molecule has 230 valence electrons. The van der Waals surface area contributed by atoms with Gasteiger partial charge in [-0.2, -0.15) is 0 Å². The summed E-state index contributed by atoms with van der Waals surface area (Å²) in [5.41, 5.74) is 1.92. The minimum Gasteiger partial charge on any atom is -0.494 e. The molecule has 0 atom stereocenters. The van der Waals surface area contributed by atoms with E-state index in [9.17, 15) is 19.2 Å². The predicted molar refractivity (Wildman–Crippen MR) is 168 cm³/mol. The minimum atomic E-state index is -0.923. The quantitative estimate of drug-likeness (QED) is 0.188. The number of anilines is 2. The smallest absolute Gasteiger partial charge is 0.336 e. The molecule has 0 spiro atoms. The van der Waals surface area contributed by atoms with Gasteiger partial charge in [-0.1, -0.05) is 33.6 Å². The Morgan fingerprint density at radius 3 is 2.20 bits per heavy atom. The van der Waals surface area contributed by atoms with Crippen LogP contribution in [0.3, 0.4) is 0 Å². The van der Waals surface area contributed by atoms with Gasteiger partial charge in [0.1, 0.15) is 17.1 Å². The summed E-state index contributed by atoms with van der Waals surface area (Å²) >= 11 is 3.46. The number of benzene rings is 3. The molecular weight excluding hydrogens is 634 g/mol. The number of hydrogen-bond acceptors (Lipinski definition) is 8. The van der Waals surface area contributed by atoms with Gasteiger partial charge in [0.15, 0.2) is 18.1 Å². The Morgan fingerprint density at radius 1 is 0.864 bits per heavy atom. The van der Waals surface area contributed by atoms with Gasteiger partial charge in [-0.05, 0) is 75.7 Å². The van der Waals surface area contributed by atoms with Crippen molar-refractivity contribution >= 4 is 57.1 Å². The number of carbonyl (C=O) groups is 4. The van der Waals surface area contributed by atoms with Gasteiger partial charge in [0.2, 0.25) is 0 Å². The Hall–Kier alpha value is -4.84. The molecule has 0 saturated carbocycles. The second-order valence-corrected chi connectivity index (χ2v) is 10.3. The van der Waals surface area contributed by atoms with Crippen LogP contribution in [0, 0.1) is 6.92 Å². The summed E-state index contributed by atoms with van der Waals surface area (Å²) in [5.74, 6) is -0.857. The Kier molecular flexibility index (Phi) is 10.6. The van der Waals surface area contributed by atoms with Crippen molar-refractivity contribution in [2.75, 3.05) is 36.6 Å². The maximum atomic E-state index is 13.7. The molecule has 1 fully saturated rings. The Balaban J connectivity index is 1.62. The molecular formula is C32H32BrN3O8. The number of urea groups is 1. The summed E-state index contributed by atoms with van der Waals surface area (Å²) < 4.78 is 23.1. The number of aryl methyl sites for hydroxylation is 1. The molecule has 0 aliphatic carbocycles. The molecule has 5 amide bonds. The first-order valence-electron chi connectivity index (χ1n) is 13.9. The highest BCUT2D eigenvalue weighted by atomic mass is 79.9. The lowest BCUT2D eigenvalue weighted by Gasteiger charge is -2.28. The summed E-state index contributed by atoms with van der Waals surface area (Å²) in [6, 6.07) is 14.3. The lowest BCUT2D eigenvalue weighted by molar-refractivity contribution is -0.122. The number of imide groups is 2. The summed E-state index contributed by atoms with van der Waals surface area (Å²) in [4.78, 5) is 52.8. The minimum absolute atomic E-state index is 0.125. The second kappa shape index (κ2) is 14.6. The van der Waals surface area contributed by atoms with E-state index in [1.807, 2.05) is 19.1 Å². The lowest BCUT2D eigenvalue weighted by atomic mass is 10.1. The standard InChI is InChI=1S/C32H32BrN3O8/c1-5-41-22-12-13-26(42-6-2)25(16-22)36-31(39)23(30(38)35-32(36)40)14-20-15-27(43-7-3)28(17-24(20)33)44-18-29(37)34-21-10-8-19(4)9-11-21/h8-17H,5-7,18H2,1-4H3,(H,34,37)(H,35,38,40)/b23-14+. The van der Waals surface area contributed by atoms with Crippen LogP contribution in [0.2, 0.25) is 0 Å². The van der Waals surface area contributed by atoms with Gasteiger partial charge < -0.3 is 24.3 Å². The number of ether oxygens (including phenoxy) is 4. The number of nitrogens with one attached hydrogen (secondary N) is 2. The molecule has 1 aliphatic heterocycles. The van der Waals surface area contributed by atoms with Gasteiger partial charge in [-0.25, -0.2) is 9.69 Å². The zero-order valence-corrected chi connectivity index (χ0v) is 26.3. The van der Waals surface area contributed by atoms with Gasteiger partial charge in [0, 0.05) is 16.2 Å². The van der Waals surface area contributed by atoms with Crippen LogP contribution < -0.4 is 34.5 Å². The van der Waals surface area contributed by atoms with E-state index in [0.29, 0.717) is 28.1 Å². The van der Waals surface area contributed by atoms with E-state index in [2.05, 4.69) is 26.6 Å². The average molecular weight is 667 g/mol. The topological polar surface area (TPSA) is 132 Å². The third kappa shape index (κ3) is 7.56. The van der Waals surface area contributed by atoms with Crippen LogP contribution >= 0.6 is 15.9 Å². The van der Waals surface area contributed by atoms with Crippen molar-refractivity contribution in [3.05, 3.63) is 75.8 Å². The van der Waals surface area contributed by atoms with Crippen LogP contribution in [0.25, 0.3) is 6.08 Å². The number of carbonyl (C=O) groups excluding carboxylic acids is 4. The molecule has 11 nitrogen and oxygen atoms in total. The largest absolute Gasteiger partial charge is 0.494 e. The number of nitrogens with zero attached hydrogens (tertiary/aromatic N) is 1. The molecule has 0 radical (unpaired) electrons. The number of rotatable bonds is 12. The molecule has 12 heteroatoms. The number of amides is 5. The monoisotopic (exact) mass is 665 g/mol. The van der Waals surface area contributed by atoms with E-state index >= 15 is 0 Å². The van der Waals surface area contributed by atoms with Crippen LogP contribution in [-0.2, 0) is 14.4 Å². The highest BCUT2D eigenvalue weighted by Crippen LogP contribution is 2.37. The van der Waals surface area contributed by atoms with E-state index < -0.39 is 17.8 Å². The molecule has 4 rings (SSSR count). The molecule has 3 aromatic rings. The number of barbiturate groups is 1. The first-order valence-corrected chi connectivity index (χ1v) is 14.7. The van der Waals surface area contributed by atoms with Gasteiger partial charge in [-0.15, -0.1) is 0 Å². The highest BCUT2D eigenvalue weighted by Gasteiger charge is 2.38. The molecule has 0 bridgehead atoms. The third-order valence-corrected chi connectivity index (χ3v) is 6.93. The van der Waals surface area contributed by atoms with Crippen molar-refractivity contribution < 1.29 is 38.1 Å². The van der Waals surface area contributed by atoms with Gasteiger partial charge >= 0.3 is 6.03 Å². The van der Waals surface area contributed by atoms with Gasteiger partial charge in [-0.3, -0.25) is 19.7 Å². The first kappa shape index (κ1) is 32.1. The van der Waals surface area contributed by atoms with Crippen molar-refractivity contribution in [3.8, 4) is 23.0 Å². The second-order valence-electron chi connectivity index (χ2n) is 9.41. The molecule has 44 heavy (non-hydrogen) atoms. The highest BCUT2D eigenvalue weighted by molar-refractivity contribution is 9.10. The maximum Gasteiger partial charge on any atom is 0.336 e. The van der Waals surface area contributed by atoms with Crippen molar-refractivity contribution in [2.45, 2.75) is 27.7 Å². The van der Waals surface area contributed by atoms with Crippen molar-refractivity contribution in [1.29, 1.82) is 0 Å². The molecule has 1 saturated heterocycles. The lowest BCUT2D eigenvalue weighted by Crippen LogP contribution is -2.54. The van der Waals surface area contributed by atoms with Crippen molar-refractivity contribution in [1.82, 2.24) is 5.32 Å². The normalized spacial score (nSPS) is 13.9. The maximum absolute atomic E-state index is 13.7. The average Bonchev–Trinajstić information content (AvgIpc) is 2.98. The fraction of sp³-hybridized carbons (Fsp3) is 0.250. The van der Waals surface area contributed by atoms with E-state index in [-0.39, 0.29) is 54.2 Å². The van der Waals surface area contributed by atoms with Crippen molar-refractivity contribution in [2.24, 2.45) is 0 Å². The van der Waals surface area contributed by atoms with E-state index in [4.69, 9.17) is 18.9 Å². The van der Waals surface area contributed by atoms with Crippen LogP contribution in [0.5, 0.6) is 23.0 Å². The molecule has 2 N–H and O–H groups in total. The molecule has 0 unspecified atom stereocenters. The van der Waals surface area contributed by atoms with E-state index in [1.165, 1.54) is 12.1 Å². The molecule has 0 aromatic heterocycles. The summed E-state index contributed by atoms with van der Waals surface area (Å²) in [7, 11) is 0. The fourth-order valence-corrected chi connectivity index (χ4v) is 4.69. The van der Waals surface area contributed by atoms with E-state index in [0.717, 1.165) is 10.5 Å².